The van der Waals surface area contributed by atoms with Crippen molar-refractivity contribution in [2.75, 3.05) is 0 Å². The Hall–Kier alpha value is -3.11. The van der Waals surface area contributed by atoms with Gasteiger partial charge in [-0.15, -0.1) is 0 Å². The van der Waals surface area contributed by atoms with Crippen molar-refractivity contribution in [2.24, 2.45) is 0 Å². The van der Waals surface area contributed by atoms with E-state index in [1.54, 1.807) is 4.90 Å². The molecule has 32 heavy (non-hydrogen) atoms. The molecule has 1 aliphatic rings. The lowest BCUT2D eigenvalue weighted by molar-refractivity contribution is -0.0340. The number of amides is 1. The number of rotatable bonds is 4. The zero-order valence-electron chi connectivity index (χ0n) is 18.9. The van der Waals surface area contributed by atoms with Crippen molar-refractivity contribution in [2.45, 2.75) is 56.9 Å². The number of aliphatic hydroxyl groups is 1. The van der Waals surface area contributed by atoms with Gasteiger partial charge in [-0.05, 0) is 50.3 Å². The van der Waals surface area contributed by atoms with Crippen LogP contribution in [0.1, 0.15) is 56.3 Å². The third-order valence-corrected chi connectivity index (χ3v) is 6.08. The Morgan fingerprint density at radius 2 is 1.28 bits per heavy atom. The van der Waals surface area contributed by atoms with Crippen LogP contribution in [0.2, 0.25) is 0 Å². The van der Waals surface area contributed by atoms with Crippen LogP contribution in [0, 0.1) is 0 Å². The monoisotopic (exact) mass is 429 g/mol. The average Bonchev–Trinajstić information content (AvgIpc) is 3.25. The van der Waals surface area contributed by atoms with E-state index in [4.69, 9.17) is 4.74 Å². The van der Waals surface area contributed by atoms with Crippen molar-refractivity contribution < 1.29 is 14.6 Å². The Morgan fingerprint density at radius 1 is 0.812 bits per heavy atom. The maximum atomic E-state index is 13.6. The predicted octanol–water partition coefficient (Wildman–Crippen LogP) is 6.06. The third-order valence-electron chi connectivity index (χ3n) is 6.08. The molecule has 1 N–H and O–H groups in total. The standard InChI is InChI=1S/C28H31NO3/c1-27(2,3)32-26(30)29-24(21-13-7-4-8-14-21)19-20-25(29)28(31,22-15-9-5-10-16-22)23-17-11-6-12-18-23/h4-18,24-25,31H,19-20H2,1-3H3/t24-,25-/m0/s1. The summed E-state index contributed by atoms with van der Waals surface area (Å²) in [6.07, 6.45) is 0.994. The summed E-state index contributed by atoms with van der Waals surface area (Å²) in [7, 11) is 0. The molecule has 0 spiro atoms. The zero-order valence-corrected chi connectivity index (χ0v) is 18.9. The molecule has 0 aliphatic carbocycles. The summed E-state index contributed by atoms with van der Waals surface area (Å²) >= 11 is 0. The highest BCUT2D eigenvalue weighted by Crippen LogP contribution is 2.47. The fraction of sp³-hybridized carbons (Fsp3) is 0.321. The lowest BCUT2D eigenvalue weighted by Gasteiger charge is -2.42. The van der Waals surface area contributed by atoms with Gasteiger partial charge in [0, 0.05) is 0 Å². The Kier molecular flexibility index (Phi) is 6.07. The molecule has 4 heteroatoms. The molecular formula is C28H31NO3. The third kappa shape index (κ3) is 4.28. The molecule has 0 bridgehead atoms. The van der Waals surface area contributed by atoms with Crippen molar-refractivity contribution in [3.8, 4) is 0 Å². The molecule has 3 aromatic carbocycles. The number of carbonyl (C=O) groups excluding carboxylic acids is 1. The van der Waals surface area contributed by atoms with Gasteiger partial charge in [-0.3, -0.25) is 4.90 Å². The summed E-state index contributed by atoms with van der Waals surface area (Å²) in [5.74, 6) is 0. The molecule has 1 heterocycles. The Balaban J connectivity index is 1.84. The second kappa shape index (κ2) is 8.79. The van der Waals surface area contributed by atoms with E-state index < -0.39 is 23.3 Å². The van der Waals surface area contributed by atoms with Crippen LogP contribution in [-0.4, -0.2) is 27.7 Å². The zero-order chi connectivity index (χ0) is 22.8. The van der Waals surface area contributed by atoms with E-state index in [1.807, 2.05) is 112 Å². The van der Waals surface area contributed by atoms with Gasteiger partial charge in [-0.2, -0.15) is 0 Å². The first-order chi connectivity index (χ1) is 15.3. The SMILES string of the molecule is CC(C)(C)OC(=O)N1[C@H](C(O)(c2ccccc2)c2ccccc2)CC[C@H]1c1ccccc1. The maximum absolute atomic E-state index is 13.6. The van der Waals surface area contributed by atoms with Gasteiger partial charge in [0.1, 0.15) is 11.2 Å². The van der Waals surface area contributed by atoms with Gasteiger partial charge in [-0.25, -0.2) is 4.79 Å². The topological polar surface area (TPSA) is 49.8 Å². The first-order valence-electron chi connectivity index (χ1n) is 11.2. The quantitative estimate of drug-likeness (QED) is 0.548. The molecule has 1 saturated heterocycles. The van der Waals surface area contributed by atoms with Crippen molar-refractivity contribution >= 4 is 6.09 Å². The predicted molar refractivity (Wildman–Crippen MR) is 126 cm³/mol. The second-order valence-corrected chi connectivity index (χ2v) is 9.41. The molecule has 1 fully saturated rings. The van der Waals surface area contributed by atoms with E-state index in [0.29, 0.717) is 6.42 Å². The minimum Gasteiger partial charge on any atom is -0.444 e. The van der Waals surface area contributed by atoms with Gasteiger partial charge < -0.3 is 9.84 Å². The molecule has 0 aromatic heterocycles. The molecule has 0 saturated carbocycles. The summed E-state index contributed by atoms with van der Waals surface area (Å²) in [5, 5.41) is 12.4. The van der Waals surface area contributed by atoms with Gasteiger partial charge in [0.2, 0.25) is 0 Å². The normalized spacial score (nSPS) is 19.1. The Labute approximate surface area is 190 Å². The summed E-state index contributed by atoms with van der Waals surface area (Å²) in [6, 6.07) is 28.6. The smallest absolute Gasteiger partial charge is 0.411 e. The van der Waals surface area contributed by atoms with Crippen LogP contribution in [0.25, 0.3) is 0 Å². The minimum atomic E-state index is -1.37. The van der Waals surface area contributed by atoms with Gasteiger partial charge >= 0.3 is 6.09 Å². The van der Waals surface area contributed by atoms with E-state index >= 15 is 0 Å². The molecule has 0 radical (unpaired) electrons. The number of ether oxygens (including phenoxy) is 1. The summed E-state index contributed by atoms with van der Waals surface area (Å²) in [4.78, 5) is 15.3. The van der Waals surface area contributed by atoms with Crippen molar-refractivity contribution in [3.63, 3.8) is 0 Å². The number of hydrogen-bond acceptors (Lipinski definition) is 3. The van der Waals surface area contributed by atoms with Crippen molar-refractivity contribution in [1.82, 2.24) is 4.90 Å². The highest BCUT2D eigenvalue weighted by Gasteiger charge is 2.51. The van der Waals surface area contributed by atoms with E-state index in [2.05, 4.69) is 0 Å². The number of carbonyl (C=O) groups is 1. The molecule has 3 aromatic rings. The second-order valence-electron chi connectivity index (χ2n) is 9.41. The molecule has 4 rings (SSSR count). The lowest BCUT2D eigenvalue weighted by atomic mass is 9.79. The van der Waals surface area contributed by atoms with Crippen molar-refractivity contribution in [3.05, 3.63) is 108 Å². The Morgan fingerprint density at radius 3 is 1.75 bits per heavy atom. The Bertz CT molecular complexity index is 989. The highest BCUT2D eigenvalue weighted by atomic mass is 16.6. The van der Waals surface area contributed by atoms with Gasteiger partial charge in [0.05, 0.1) is 12.1 Å². The van der Waals surface area contributed by atoms with E-state index in [1.165, 1.54) is 0 Å². The summed E-state index contributed by atoms with van der Waals surface area (Å²) in [6.45, 7) is 5.61. The minimum absolute atomic E-state index is 0.171. The van der Waals surface area contributed by atoms with Crippen LogP contribution in [-0.2, 0) is 10.3 Å². The van der Waals surface area contributed by atoms with Crippen LogP contribution < -0.4 is 0 Å². The van der Waals surface area contributed by atoms with Gasteiger partial charge in [0.15, 0.2) is 0 Å². The molecule has 0 unspecified atom stereocenters. The molecule has 1 amide bonds. The van der Waals surface area contributed by atoms with Gasteiger partial charge in [-0.1, -0.05) is 91.0 Å². The number of benzene rings is 3. The first kappa shape index (κ1) is 22.1. The molecule has 4 nitrogen and oxygen atoms in total. The number of nitrogens with zero attached hydrogens (tertiary/aromatic N) is 1. The molecule has 2 atom stereocenters. The van der Waals surface area contributed by atoms with Crippen LogP contribution >= 0.6 is 0 Å². The number of hydrogen-bond donors (Lipinski definition) is 1. The largest absolute Gasteiger partial charge is 0.444 e. The van der Waals surface area contributed by atoms with E-state index in [0.717, 1.165) is 23.1 Å². The fourth-order valence-electron chi connectivity index (χ4n) is 4.73. The maximum Gasteiger partial charge on any atom is 0.411 e. The van der Waals surface area contributed by atoms with E-state index in [9.17, 15) is 9.90 Å². The van der Waals surface area contributed by atoms with E-state index in [-0.39, 0.29) is 6.04 Å². The molecule has 1 aliphatic heterocycles. The fourth-order valence-corrected chi connectivity index (χ4v) is 4.73. The van der Waals surface area contributed by atoms with Gasteiger partial charge in [0.25, 0.3) is 0 Å². The molecule has 166 valence electrons. The highest BCUT2D eigenvalue weighted by molar-refractivity contribution is 5.70. The molecular weight excluding hydrogens is 398 g/mol. The van der Waals surface area contributed by atoms with Crippen molar-refractivity contribution in [1.29, 1.82) is 0 Å². The summed E-state index contributed by atoms with van der Waals surface area (Å²) in [5.41, 5.74) is 0.563. The van der Waals surface area contributed by atoms with Crippen LogP contribution in [0.5, 0.6) is 0 Å². The average molecular weight is 430 g/mol. The van der Waals surface area contributed by atoms with Crippen LogP contribution in [0.4, 0.5) is 4.79 Å². The first-order valence-corrected chi connectivity index (χ1v) is 11.2. The lowest BCUT2D eigenvalue weighted by Crippen LogP contribution is -2.52. The van der Waals surface area contributed by atoms with Crippen LogP contribution in [0.15, 0.2) is 91.0 Å². The van der Waals surface area contributed by atoms with Crippen LogP contribution in [0.3, 0.4) is 0 Å². The summed E-state index contributed by atoms with van der Waals surface area (Å²) < 4.78 is 5.85. The number of likely N-dealkylation sites (tertiary alicyclic amines) is 1.